The summed E-state index contributed by atoms with van der Waals surface area (Å²) in [6.07, 6.45) is 4.26. The minimum absolute atomic E-state index is 0.179. The molecule has 0 radical (unpaired) electrons. The van der Waals surface area contributed by atoms with E-state index in [0.717, 1.165) is 18.0 Å². The van der Waals surface area contributed by atoms with Crippen LogP contribution in [0.15, 0.2) is 24.3 Å². The lowest BCUT2D eigenvalue weighted by molar-refractivity contribution is -0.139. The van der Waals surface area contributed by atoms with Crippen LogP contribution in [0, 0.1) is 5.92 Å². The highest BCUT2D eigenvalue weighted by molar-refractivity contribution is 5.72. The third-order valence-corrected chi connectivity index (χ3v) is 4.10. The van der Waals surface area contributed by atoms with Gasteiger partial charge in [0.2, 0.25) is 0 Å². The minimum atomic E-state index is -0.179. The number of methoxy groups -OCH3 is 1. The lowest BCUT2D eigenvalue weighted by Crippen LogP contribution is -2.31. The summed E-state index contributed by atoms with van der Waals surface area (Å²) in [5.74, 6) is 0.578. The van der Waals surface area contributed by atoms with Crippen molar-refractivity contribution in [3.05, 3.63) is 35.4 Å². The molecule has 0 heterocycles. The molecule has 0 aliphatic heterocycles. The van der Waals surface area contributed by atoms with Crippen molar-refractivity contribution in [1.82, 2.24) is 5.32 Å². The fourth-order valence-corrected chi connectivity index (χ4v) is 2.82. The lowest BCUT2D eigenvalue weighted by Gasteiger charge is -2.18. The van der Waals surface area contributed by atoms with Crippen LogP contribution in [-0.4, -0.2) is 19.1 Å². The maximum Gasteiger partial charge on any atom is 0.309 e. The number of carbonyl (C=O) groups is 1. The minimum Gasteiger partial charge on any atom is -0.469 e. The molecule has 2 unspecified atom stereocenters. The summed E-state index contributed by atoms with van der Waals surface area (Å²) in [5, 5.41) is 3.63. The monoisotopic (exact) mass is 261 g/mol. The smallest absolute Gasteiger partial charge is 0.309 e. The first-order chi connectivity index (χ1) is 9.20. The summed E-state index contributed by atoms with van der Waals surface area (Å²) in [6, 6.07) is 8.71. The van der Waals surface area contributed by atoms with Gasteiger partial charge in [0.25, 0.3) is 0 Å². The van der Waals surface area contributed by atoms with E-state index in [9.17, 15) is 4.79 Å². The fraction of sp³-hybridized carbons (Fsp3) is 0.562. The number of rotatable bonds is 5. The molecular weight excluding hydrogens is 238 g/mol. The molecule has 0 spiro atoms. The Balaban J connectivity index is 1.97. The molecule has 2 rings (SSSR count). The van der Waals surface area contributed by atoms with Gasteiger partial charge in [-0.3, -0.25) is 4.79 Å². The van der Waals surface area contributed by atoms with Gasteiger partial charge in [0, 0.05) is 12.6 Å². The van der Waals surface area contributed by atoms with Gasteiger partial charge < -0.3 is 10.1 Å². The average molecular weight is 261 g/mol. The predicted octanol–water partition coefficient (Wildman–Crippen LogP) is 2.68. The zero-order valence-corrected chi connectivity index (χ0v) is 11.8. The number of hydrogen-bond donors (Lipinski definition) is 1. The molecule has 1 fully saturated rings. The summed E-state index contributed by atoms with van der Waals surface area (Å²) in [4.78, 5) is 11.4. The van der Waals surface area contributed by atoms with Crippen molar-refractivity contribution >= 4 is 5.97 Å². The molecule has 104 valence electrons. The number of ether oxygens (including phenoxy) is 1. The van der Waals surface area contributed by atoms with E-state index in [-0.39, 0.29) is 5.97 Å². The molecule has 0 aromatic heterocycles. The number of hydrogen-bond acceptors (Lipinski definition) is 3. The number of nitrogens with one attached hydrogen (secondary N) is 1. The summed E-state index contributed by atoms with van der Waals surface area (Å²) >= 11 is 0. The van der Waals surface area contributed by atoms with Crippen LogP contribution < -0.4 is 5.32 Å². The third-order valence-electron chi connectivity index (χ3n) is 4.10. The highest BCUT2D eigenvalue weighted by Gasteiger charge is 2.22. The fourth-order valence-electron chi connectivity index (χ4n) is 2.82. The Kier molecular flexibility index (Phi) is 4.97. The summed E-state index contributed by atoms with van der Waals surface area (Å²) in [7, 11) is 1.43. The first-order valence-electron chi connectivity index (χ1n) is 7.07. The first-order valence-corrected chi connectivity index (χ1v) is 7.07. The molecule has 19 heavy (non-hydrogen) atoms. The maximum absolute atomic E-state index is 11.4. The molecule has 1 aromatic carbocycles. The van der Waals surface area contributed by atoms with E-state index in [2.05, 4.69) is 18.3 Å². The van der Waals surface area contributed by atoms with Gasteiger partial charge in [-0.15, -0.1) is 0 Å². The van der Waals surface area contributed by atoms with Gasteiger partial charge in [0.15, 0.2) is 0 Å². The summed E-state index contributed by atoms with van der Waals surface area (Å²) < 4.78 is 4.74. The van der Waals surface area contributed by atoms with Crippen molar-refractivity contribution in [3.63, 3.8) is 0 Å². The average Bonchev–Trinajstić information content (AvgIpc) is 2.83. The largest absolute Gasteiger partial charge is 0.469 e. The second-order valence-electron chi connectivity index (χ2n) is 5.42. The highest BCUT2D eigenvalue weighted by atomic mass is 16.5. The molecular formula is C16H23NO2. The molecule has 1 aromatic rings. The van der Waals surface area contributed by atoms with Gasteiger partial charge in [-0.25, -0.2) is 0 Å². The van der Waals surface area contributed by atoms with Gasteiger partial charge >= 0.3 is 5.97 Å². The first kappa shape index (κ1) is 14.1. The van der Waals surface area contributed by atoms with Crippen LogP contribution in [0.25, 0.3) is 0 Å². The number of esters is 1. The quantitative estimate of drug-likeness (QED) is 0.828. The Labute approximate surface area is 115 Å². The Hall–Kier alpha value is -1.35. The molecule has 0 saturated heterocycles. The van der Waals surface area contributed by atoms with Crippen LogP contribution in [0.4, 0.5) is 0 Å². The molecule has 1 saturated carbocycles. The van der Waals surface area contributed by atoms with Crippen molar-refractivity contribution in [2.45, 2.75) is 45.2 Å². The van der Waals surface area contributed by atoms with Crippen LogP contribution >= 0.6 is 0 Å². The van der Waals surface area contributed by atoms with Crippen LogP contribution in [0.2, 0.25) is 0 Å². The standard InChI is InChI=1S/C16H23NO2/c1-12-6-5-9-15(12)17-11-14-8-4-3-7-13(14)10-16(18)19-2/h3-4,7-8,12,15,17H,5-6,9-11H2,1-2H3. The van der Waals surface area contributed by atoms with E-state index in [4.69, 9.17) is 4.74 Å². The van der Waals surface area contributed by atoms with Gasteiger partial charge in [0.1, 0.15) is 0 Å². The second-order valence-corrected chi connectivity index (χ2v) is 5.42. The van der Waals surface area contributed by atoms with Crippen molar-refractivity contribution in [3.8, 4) is 0 Å². The Morgan fingerprint density at radius 2 is 2.05 bits per heavy atom. The molecule has 0 bridgehead atoms. The van der Waals surface area contributed by atoms with Crippen molar-refractivity contribution in [2.75, 3.05) is 7.11 Å². The van der Waals surface area contributed by atoms with Crippen LogP contribution in [-0.2, 0) is 22.5 Å². The number of benzene rings is 1. The maximum atomic E-state index is 11.4. The number of carbonyl (C=O) groups excluding carboxylic acids is 1. The molecule has 1 aliphatic carbocycles. The van der Waals surface area contributed by atoms with E-state index in [1.54, 1.807) is 0 Å². The third kappa shape index (κ3) is 3.80. The predicted molar refractivity (Wildman–Crippen MR) is 75.8 cm³/mol. The molecule has 3 nitrogen and oxygen atoms in total. The normalized spacial score (nSPS) is 22.4. The van der Waals surface area contributed by atoms with Crippen molar-refractivity contribution < 1.29 is 9.53 Å². The summed E-state index contributed by atoms with van der Waals surface area (Å²) in [6.45, 7) is 3.15. The molecule has 3 heteroatoms. The zero-order chi connectivity index (χ0) is 13.7. The van der Waals surface area contributed by atoms with E-state index >= 15 is 0 Å². The van der Waals surface area contributed by atoms with Crippen LogP contribution in [0.1, 0.15) is 37.3 Å². The van der Waals surface area contributed by atoms with Crippen molar-refractivity contribution in [2.24, 2.45) is 5.92 Å². The zero-order valence-electron chi connectivity index (χ0n) is 11.8. The Bertz CT molecular complexity index is 431. The van der Waals surface area contributed by atoms with E-state index < -0.39 is 0 Å². The van der Waals surface area contributed by atoms with Crippen LogP contribution in [0.5, 0.6) is 0 Å². The van der Waals surface area contributed by atoms with Crippen LogP contribution in [0.3, 0.4) is 0 Å². The lowest BCUT2D eigenvalue weighted by atomic mass is 10.0. The molecule has 0 amide bonds. The Morgan fingerprint density at radius 1 is 1.32 bits per heavy atom. The molecule has 2 atom stereocenters. The highest BCUT2D eigenvalue weighted by Crippen LogP contribution is 2.25. The van der Waals surface area contributed by atoms with E-state index in [1.165, 1.54) is 31.9 Å². The van der Waals surface area contributed by atoms with Gasteiger partial charge in [-0.05, 0) is 29.9 Å². The van der Waals surface area contributed by atoms with Gasteiger partial charge in [0.05, 0.1) is 13.5 Å². The molecule has 1 aliphatic rings. The van der Waals surface area contributed by atoms with Gasteiger partial charge in [-0.2, -0.15) is 0 Å². The molecule has 1 N–H and O–H groups in total. The van der Waals surface area contributed by atoms with E-state index in [0.29, 0.717) is 12.5 Å². The SMILES string of the molecule is COC(=O)Cc1ccccc1CNC1CCCC1C. The second kappa shape index (κ2) is 6.71. The Morgan fingerprint density at radius 3 is 2.68 bits per heavy atom. The summed E-state index contributed by atoms with van der Waals surface area (Å²) in [5.41, 5.74) is 2.26. The van der Waals surface area contributed by atoms with Gasteiger partial charge in [-0.1, -0.05) is 37.6 Å². The van der Waals surface area contributed by atoms with E-state index in [1.807, 2.05) is 18.2 Å². The van der Waals surface area contributed by atoms with Crippen molar-refractivity contribution in [1.29, 1.82) is 0 Å². The topological polar surface area (TPSA) is 38.3 Å².